The molecule has 0 aliphatic heterocycles. The first-order chi connectivity index (χ1) is 12.2. The van der Waals surface area contributed by atoms with Crippen LogP contribution in [-0.4, -0.2) is 24.3 Å². The Labute approximate surface area is 148 Å². The van der Waals surface area contributed by atoms with Crippen LogP contribution in [0.5, 0.6) is 5.75 Å². The van der Waals surface area contributed by atoms with Gasteiger partial charge in [0.15, 0.2) is 5.60 Å². The minimum absolute atomic E-state index is 0.115. The summed E-state index contributed by atoms with van der Waals surface area (Å²) in [5.41, 5.74) is -7.14. The third kappa shape index (κ3) is 3.58. The van der Waals surface area contributed by atoms with Crippen LogP contribution in [0.4, 0.5) is 35.1 Å². The van der Waals surface area contributed by atoms with Crippen LogP contribution in [0.1, 0.15) is 16.7 Å². The van der Waals surface area contributed by atoms with Gasteiger partial charge in [0.1, 0.15) is 5.75 Å². The van der Waals surface area contributed by atoms with Crippen molar-refractivity contribution in [2.75, 3.05) is 7.11 Å². The maximum Gasteiger partial charge on any atom is 0.457 e. The van der Waals surface area contributed by atoms with Crippen molar-refractivity contribution in [3.8, 4) is 5.75 Å². The van der Waals surface area contributed by atoms with Crippen LogP contribution in [0.25, 0.3) is 0 Å². The number of ether oxygens (including phenoxy) is 1. The summed E-state index contributed by atoms with van der Waals surface area (Å²) in [7, 11) is 1.22. The molecule has 0 saturated carbocycles. The Morgan fingerprint density at radius 3 is 1.37 bits per heavy atom. The van der Waals surface area contributed by atoms with Crippen molar-refractivity contribution in [1.82, 2.24) is 0 Å². The molecule has 148 valence electrons. The maximum atomic E-state index is 14.2. The summed E-state index contributed by atoms with van der Waals surface area (Å²) in [5.74, 6) is -5.59. The van der Waals surface area contributed by atoms with E-state index in [-0.39, 0.29) is 5.75 Å². The third-order valence-corrected chi connectivity index (χ3v) is 3.95. The van der Waals surface area contributed by atoms with E-state index in [9.17, 15) is 40.2 Å². The number of alkyl halides is 8. The highest BCUT2D eigenvalue weighted by molar-refractivity contribution is 5.43. The molecule has 0 fully saturated rings. The molecule has 0 saturated heterocycles. The highest BCUT2D eigenvalue weighted by Gasteiger charge is 2.71. The van der Waals surface area contributed by atoms with E-state index in [2.05, 4.69) is 0 Å². The third-order valence-electron chi connectivity index (χ3n) is 3.95. The first-order valence-electron chi connectivity index (χ1n) is 7.24. The normalized spacial score (nSPS) is 15.3. The molecular formula is C17H12F8O2. The van der Waals surface area contributed by atoms with Gasteiger partial charge in [-0.15, -0.1) is 0 Å². The molecule has 1 atom stereocenters. The highest BCUT2D eigenvalue weighted by atomic mass is 19.4. The van der Waals surface area contributed by atoms with Crippen molar-refractivity contribution in [2.24, 2.45) is 0 Å². The van der Waals surface area contributed by atoms with Crippen LogP contribution in [0.2, 0.25) is 0 Å². The molecule has 2 aromatic rings. The molecule has 10 heteroatoms. The highest BCUT2D eigenvalue weighted by Crippen LogP contribution is 2.52. The van der Waals surface area contributed by atoms with E-state index in [1.165, 1.54) is 7.11 Å². The Hall–Kier alpha value is -2.36. The number of hydrogen-bond acceptors (Lipinski definition) is 2. The monoisotopic (exact) mass is 400 g/mol. The zero-order valence-electron chi connectivity index (χ0n) is 13.5. The zero-order valence-corrected chi connectivity index (χ0v) is 13.5. The molecule has 0 aliphatic carbocycles. The SMILES string of the molecule is COc1ccc(C(O)(c2ccc(C(F)(F)F)cc2)C(F)(F)C(F)(F)F)cc1. The van der Waals surface area contributed by atoms with Crippen LogP contribution in [0, 0.1) is 0 Å². The van der Waals surface area contributed by atoms with E-state index < -0.39 is 40.6 Å². The van der Waals surface area contributed by atoms with Crippen LogP contribution in [-0.2, 0) is 11.8 Å². The summed E-state index contributed by atoms with van der Waals surface area (Å²) in [5, 5.41) is 10.5. The van der Waals surface area contributed by atoms with E-state index in [4.69, 9.17) is 4.74 Å². The van der Waals surface area contributed by atoms with Gasteiger partial charge in [-0.25, -0.2) is 0 Å². The molecule has 27 heavy (non-hydrogen) atoms. The van der Waals surface area contributed by atoms with Crippen LogP contribution in [0.15, 0.2) is 48.5 Å². The Morgan fingerprint density at radius 1 is 0.667 bits per heavy atom. The van der Waals surface area contributed by atoms with Crippen molar-refractivity contribution in [2.45, 2.75) is 23.9 Å². The topological polar surface area (TPSA) is 29.5 Å². The summed E-state index contributed by atoms with van der Waals surface area (Å²) >= 11 is 0. The van der Waals surface area contributed by atoms with Gasteiger partial charge in [-0.3, -0.25) is 0 Å². The summed E-state index contributed by atoms with van der Waals surface area (Å²) in [4.78, 5) is 0. The molecule has 1 unspecified atom stereocenters. The van der Waals surface area contributed by atoms with Gasteiger partial charge in [0.25, 0.3) is 0 Å². The van der Waals surface area contributed by atoms with Gasteiger partial charge in [-0.2, -0.15) is 35.1 Å². The first-order valence-corrected chi connectivity index (χ1v) is 7.24. The average Bonchev–Trinajstić information content (AvgIpc) is 2.59. The van der Waals surface area contributed by atoms with Crippen molar-refractivity contribution in [1.29, 1.82) is 0 Å². The summed E-state index contributed by atoms with van der Waals surface area (Å²) < 4.78 is 110. The number of halogens is 8. The van der Waals surface area contributed by atoms with E-state index >= 15 is 0 Å². The largest absolute Gasteiger partial charge is 0.497 e. The second-order valence-electron chi connectivity index (χ2n) is 5.59. The molecule has 0 spiro atoms. The second kappa shape index (κ2) is 6.66. The lowest BCUT2D eigenvalue weighted by atomic mass is 9.80. The molecular weight excluding hydrogens is 388 g/mol. The second-order valence-corrected chi connectivity index (χ2v) is 5.59. The summed E-state index contributed by atoms with van der Waals surface area (Å²) in [6.07, 6.45) is -11.0. The summed E-state index contributed by atoms with van der Waals surface area (Å²) in [6.45, 7) is 0. The molecule has 1 N–H and O–H groups in total. The van der Waals surface area contributed by atoms with Gasteiger partial charge in [0.05, 0.1) is 12.7 Å². The Bertz CT molecular complexity index is 779. The van der Waals surface area contributed by atoms with Crippen molar-refractivity contribution in [3.63, 3.8) is 0 Å². The smallest absolute Gasteiger partial charge is 0.457 e. The minimum Gasteiger partial charge on any atom is -0.497 e. The maximum absolute atomic E-state index is 14.2. The number of hydrogen-bond donors (Lipinski definition) is 1. The predicted octanol–water partition coefficient (Wildman–Crippen LogP) is 5.15. The quantitative estimate of drug-likeness (QED) is 0.720. The number of aliphatic hydroxyl groups is 1. The minimum atomic E-state index is -6.18. The zero-order chi connectivity index (χ0) is 20.7. The lowest BCUT2D eigenvalue weighted by Crippen LogP contribution is -2.55. The molecule has 0 aromatic heterocycles. The Kier molecular flexibility index (Phi) is 5.17. The predicted molar refractivity (Wildman–Crippen MR) is 78.4 cm³/mol. The fraction of sp³-hybridized carbons (Fsp3) is 0.294. The molecule has 2 aromatic carbocycles. The molecule has 0 aliphatic rings. The average molecular weight is 400 g/mol. The van der Waals surface area contributed by atoms with Gasteiger partial charge in [-0.1, -0.05) is 24.3 Å². The van der Waals surface area contributed by atoms with Crippen molar-refractivity contribution >= 4 is 0 Å². The van der Waals surface area contributed by atoms with Gasteiger partial charge >= 0.3 is 18.3 Å². The fourth-order valence-electron chi connectivity index (χ4n) is 2.47. The molecule has 0 radical (unpaired) electrons. The van der Waals surface area contributed by atoms with Gasteiger partial charge < -0.3 is 9.84 Å². The van der Waals surface area contributed by atoms with Crippen LogP contribution >= 0.6 is 0 Å². The molecule has 0 heterocycles. The van der Waals surface area contributed by atoms with Crippen LogP contribution < -0.4 is 4.74 Å². The Balaban J connectivity index is 2.69. The van der Waals surface area contributed by atoms with E-state index in [1.807, 2.05) is 0 Å². The number of rotatable bonds is 4. The summed E-state index contributed by atoms with van der Waals surface area (Å²) in [6, 6.07) is 5.02. The Morgan fingerprint density at radius 2 is 1.04 bits per heavy atom. The number of methoxy groups -OCH3 is 1. The van der Waals surface area contributed by atoms with Crippen molar-refractivity contribution in [3.05, 3.63) is 65.2 Å². The lowest BCUT2D eigenvalue weighted by Gasteiger charge is -2.37. The van der Waals surface area contributed by atoms with E-state index in [1.54, 1.807) is 0 Å². The number of benzene rings is 2. The molecule has 0 amide bonds. The molecule has 2 rings (SSSR count). The fourth-order valence-corrected chi connectivity index (χ4v) is 2.47. The lowest BCUT2D eigenvalue weighted by molar-refractivity contribution is -0.336. The van der Waals surface area contributed by atoms with Gasteiger partial charge in [0.2, 0.25) is 0 Å². The van der Waals surface area contributed by atoms with E-state index in [0.29, 0.717) is 24.3 Å². The van der Waals surface area contributed by atoms with Crippen molar-refractivity contribution < 1.29 is 45.0 Å². The molecule has 2 nitrogen and oxygen atoms in total. The first kappa shape index (κ1) is 20.9. The molecule has 0 bridgehead atoms. The van der Waals surface area contributed by atoms with Gasteiger partial charge in [0, 0.05) is 0 Å². The van der Waals surface area contributed by atoms with Gasteiger partial charge in [-0.05, 0) is 35.4 Å². The van der Waals surface area contributed by atoms with E-state index in [0.717, 1.165) is 24.3 Å². The van der Waals surface area contributed by atoms with Crippen LogP contribution in [0.3, 0.4) is 0 Å². The standard InChI is InChI=1S/C17H12F8O2/c1-27-13-8-6-11(7-9-13)14(26,16(21,22)17(23,24)25)10-2-4-12(5-3-10)15(18,19)20/h2-9,26H,1H3.